The molecule has 1 aromatic carbocycles. The van der Waals surface area contributed by atoms with Crippen molar-refractivity contribution in [3.05, 3.63) is 23.8 Å². The largest absolute Gasteiger partial charge is 0.466 e. The molecule has 0 radical (unpaired) electrons. The van der Waals surface area contributed by atoms with Gasteiger partial charge in [-0.3, -0.25) is 0 Å². The zero-order valence-electron chi connectivity index (χ0n) is 12.0. The van der Waals surface area contributed by atoms with Crippen LogP contribution in [-0.2, 0) is 9.53 Å². The Balaban J connectivity index is 2.76. The Morgan fingerprint density at radius 2 is 2.11 bits per heavy atom. The Bertz CT molecular complexity index is 404. The highest BCUT2D eigenvalue weighted by Gasteiger charge is 2.15. The lowest BCUT2D eigenvalue weighted by atomic mass is 10.0. The highest BCUT2D eigenvalue weighted by molar-refractivity contribution is 7.99. The molecule has 3 nitrogen and oxygen atoms in total. The van der Waals surface area contributed by atoms with Crippen molar-refractivity contribution in [2.45, 2.75) is 25.7 Å². The number of benzene rings is 1. The molecular formula is C15H22O3S. The zero-order valence-corrected chi connectivity index (χ0v) is 12.8. The summed E-state index contributed by atoms with van der Waals surface area (Å²) in [7, 11) is 1.60. The predicted molar refractivity (Wildman–Crippen MR) is 78.8 cm³/mol. The molecule has 0 fully saturated rings. The average molecular weight is 282 g/mol. The number of para-hydroxylation sites is 1. The number of ether oxygens (including phenoxy) is 2. The van der Waals surface area contributed by atoms with E-state index in [9.17, 15) is 4.79 Å². The summed E-state index contributed by atoms with van der Waals surface area (Å²) in [6.45, 7) is 6.38. The molecule has 0 aliphatic heterocycles. The second-order valence-electron chi connectivity index (χ2n) is 4.81. The van der Waals surface area contributed by atoms with Gasteiger partial charge in [-0.1, -0.05) is 26.0 Å². The number of hydrogen-bond acceptors (Lipinski definition) is 4. The molecule has 0 bridgehead atoms. The molecule has 0 saturated heterocycles. The van der Waals surface area contributed by atoms with E-state index >= 15 is 0 Å². The molecule has 0 N–H and O–H groups in total. The van der Waals surface area contributed by atoms with Crippen LogP contribution in [0.4, 0.5) is 0 Å². The zero-order chi connectivity index (χ0) is 14.3. The van der Waals surface area contributed by atoms with E-state index in [2.05, 4.69) is 13.8 Å². The quantitative estimate of drug-likeness (QED) is 0.415. The lowest BCUT2D eigenvalue weighted by Crippen LogP contribution is -2.13. The summed E-state index contributed by atoms with van der Waals surface area (Å²) in [5.74, 6) is 2.05. The van der Waals surface area contributed by atoms with Gasteiger partial charge >= 0.3 is 0 Å². The fourth-order valence-corrected chi connectivity index (χ4v) is 2.98. The maximum atomic E-state index is 11.0. The van der Waals surface area contributed by atoms with Gasteiger partial charge in [0.25, 0.3) is 0 Å². The summed E-state index contributed by atoms with van der Waals surface area (Å²) < 4.78 is 10.6. The van der Waals surface area contributed by atoms with Crippen molar-refractivity contribution in [2.24, 2.45) is 11.8 Å². The summed E-state index contributed by atoms with van der Waals surface area (Å²) in [4.78, 5) is 12.1. The van der Waals surface area contributed by atoms with Crippen LogP contribution in [0.5, 0.6) is 5.75 Å². The normalized spacial score (nSPS) is 12.5. The van der Waals surface area contributed by atoms with E-state index in [0.29, 0.717) is 5.92 Å². The van der Waals surface area contributed by atoms with Crippen molar-refractivity contribution < 1.29 is 14.3 Å². The topological polar surface area (TPSA) is 35.5 Å². The third kappa shape index (κ3) is 4.88. The Kier molecular flexibility index (Phi) is 6.95. The summed E-state index contributed by atoms with van der Waals surface area (Å²) in [5.41, 5.74) is 1.08. The highest BCUT2D eigenvalue weighted by atomic mass is 32.2. The first kappa shape index (κ1) is 16.1. The summed E-state index contributed by atoms with van der Waals surface area (Å²) in [6.07, 6.45) is 1.04. The Hall–Kier alpha value is -1.00. The highest BCUT2D eigenvalue weighted by Crippen LogP contribution is 2.34. The van der Waals surface area contributed by atoms with Gasteiger partial charge in [-0.25, -0.2) is 0 Å². The molecular weight excluding hydrogens is 260 g/mol. The number of hydrogen-bond donors (Lipinski definition) is 0. The first-order chi connectivity index (χ1) is 9.10. The van der Waals surface area contributed by atoms with Gasteiger partial charge in [0.2, 0.25) is 0 Å². The van der Waals surface area contributed by atoms with Gasteiger partial charge in [0.15, 0.2) is 6.79 Å². The van der Waals surface area contributed by atoms with Crippen LogP contribution < -0.4 is 4.74 Å². The molecule has 1 atom stereocenters. The van der Waals surface area contributed by atoms with Crippen molar-refractivity contribution >= 4 is 18.0 Å². The molecule has 0 aliphatic carbocycles. The predicted octanol–water partition coefficient (Wildman–Crippen LogP) is 3.54. The number of thioether (sulfide) groups is 1. The third-order valence-electron chi connectivity index (χ3n) is 2.96. The van der Waals surface area contributed by atoms with Crippen molar-refractivity contribution in [1.29, 1.82) is 0 Å². The molecule has 1 unspecified atom stereocenters. The minimum atomic E-state index is 0.0702. The van der Waals surface area contributed by atoms with Crippen molar-refractivity contribution in [3.63, 3.8) is 0 Å². The second-order valence-corrected chi connectivity index (χ2v) is 5.87. The minimum absolute atomic E-state index is 0.0702. The molecule has 0 saturated carbocycles. The van der Waals surface area contributed by atoms with Gasteiger partial charge in [-0.05, 0) is 24.5 Å². The van der Waals surface area contributed by atoms with E-state index in [1.807, 2.05) is 25.1 Å². The molecule has 4 heteroatoms. The molecule has 0 spiro atoms. The van der Waals surface area contributed by atoms with Gasteiger partial charge < -0.3 is 14.3 Å². The number of carbonyl (C=O) groups excluding carboxylic acids is 1. The van der Waals surface area contributed by atoms with Gasteiger partial charge in [0, 0.05) is 23.7 Å². The average Bonchev–Trinajstić information content (AvgIpc) is 2.38. The molecule has 0 amide bonds. The number of methoxy groups -OCH3 is 1. The number of aryl methyl sites for hydroxylation is 1. The van der Waals surface area contributed by atoms with E-state index in [4.69, 9.17) is 9.47 Å². The van der Waals surface area contributed by atoms with Crippen LogP contribution in [0.15, 0.2) is 23.1 Å². The summed E-state index contributed by atoms with van der Waals surface area (Å²) >= 11 is 1.66. The van der Waals surface area contributed by atoms with Crippen LogP contribution >= 0.6 is 11.8 Å². The smallest absolute Gasteiger partial charge is 0.188 e. The van der Waals surface area contributed by atoms with Crippen molar-refractivity contribution in [3.8, 4) is 5.75 Å². The van der Waals surface area contributed by atoms with Crippen LogP contribution in [0.1, 0.15) is 19.4 Å². The van der Waals surface area contributed by atoms with Gasteiger partial charge in [0.1, 0.15) is 12.0 Å². The van der Waals surface area contributed by atoms with Gasteiger partial charge in [-0.15, -0.1) is 11.8 Å². The minimum Gasteiger partial charge on any atom is -0.466 e. The lowest BCUT2D eigenvalue weighted by Gasteiger charge is -2.16. The molecule has 0 aromatic heterocycles. The fourth-order valence-electron chi connectivity index (χ4n) is 1.62. The van der Waals surface area contributed by atoms with Gasteiger partial charge in [-0.2, -0.15) is 0 Å². The Morgan fingerprint density at radius 3 is 2.68 bits per heavy atom. The van der Waals surface area contributed by atoms with Crippen LogP contribution in [0.25, 0.3) is 0 Å². The van der Waals surface area contributed by atoms with E-state index in [0.717, 1.165) is 28.2 Å². The standard InChI is InChI=1S/C15H22O3S/c1-11(2)13(8-16)9-19-14-7-5-6-12(3)15(14)18-10-17-4/h5-8,11,13H,9-10H2,1-4H3. The SMILES string of the molecule is COCOc1c(C)cccc1SCC(C=O)C(C)C. The Labute approximate surface area is 119 Å². The number of aldehydes is 1. The maximum Gasteiger partial charge on any atom is 0.188 e. The summed E-state index contributed by atoms with van der Waals surface area (Å²) in [6, 6.07) is 6.03. The van der Waals surface area contributed by atoms with Crippen LogP contribution in [0.3, 0.4) is 0 Å². The first-order valence-corrected chi connectivity index (χ1v) is 7.38. The first-order valence-electron chi connectivity index (χ1n) is 6.39. The van der Waals surface area contributed by atoms with Crippen LogP contribution in [0, 0.1) is 18.8 Å². The second kappa shape index (κ2) is 8.23. The fraction of sp³-hybridized carbons (Fsp3) is 0.533. The third-order valence-corrected chi connectivity index (χ3v) is 4.14. The molecule has 0 aliphatic rings. The molecule has 1 aromatic rings. The van der Waals surface area contributed by atoms with Gasteiger partial charge in [0.05, 0.1) is 0 Å². The number of carbonyl (C=O) groups is 1. The van der Waals surface area contributed by atoms with E-state index in [1.165, 1.54) is 0 Å². The van der Waals surface area contributed by atoms with Crippen LogP contribution in [0.2, 0.25) is 0 Å². The van der Waals surface area contributed by atoms with E-state index < -0.39 is 0 Å². The summed E-state index contributed by atoms with van der Waals surface area (Å²) in [5, 5.41) is 0. The monoisotopic (exact) mass is 282 g/mol. The molecule has 19 heavy (non-hydrogen) atoms. The lowest BCUT2D eigenvalue weighted by molar-refractivity contribution is -0.111. The Morgan fingerprint density at radius 1 is 1.37 bits per heavy atom. The molecule has 0 heterocycles. The maximum absolute atomic E-state index is 11.0. The molecule has 106 valence electrons. The van der Waals surface area contributed by atoms with Crippen LogP contribution in [-0.4, -0.2) is 25.9 Å². The van der Waals surface area contributed by atoms with E-state index in [1.54, 1.807) is 18.9 Å². The molecule has 1 rings (SSSR count). The van der Waals surface area contributed by atoms with Crippen molar-refractivity contribution in [1.82, 2.24) is 0 Å². The van der Waals surface area contributed by atoms with E-state index in [-0.39, 0.29) is 12.7 Å². The van der Waals surface area contributed by atoms with Crippen molar-refractivity contribution in [2.75, 3.05) is 19.7 Å². The number of rotatable bonds is 8.